The molecular formula is C24H27NO. The van der Waals surface area contributed by atoms with E-state index in [0.717, 1.165) is 18.0 Å². The van der Waals surface area contributed by atoms with Crippen molar-refractivity contribution in [3.05, 3.63) is 95.6 Å². The summed E-state index contributed by atoms with van der Waals surface area (Å²) in [7, 11) is 0. The van der Waals surface area contributed by atoms with Gasteiger partial charge >= 0.3 is 0 Å². The van der Waals surface area contributed by atoms with Crippen LogP contribution >= 0.6 is 0 Å². The van der Waals surface area contributed by atoms with Crippen molar-refractivity contribution in [2.45, 2.75) is 39.3 Å². The number of rotatable bonds is 6. The maximum Gasteiger partial charge on any atom is 0.119 e. The van der Waals surface area contributed by atoms with Gasteiger partial charge in [-0.15, -0.1) is 0 Å². The third-order valence-electron chi connectivity index (χ3n) is 4.42. The van der Waals surface area contributed by atoms with Gasteiger partial charge in [0, 0.05) is 12.2 Å². The Bertz CT molecular complexity index is 800. The molecule has 2 heteroatoms. The van der Waals surface area contributed by atoms with Gasteiger partial charge in [-0.25, -0.2) is 0 Å². The second-order valence-electron chi connectivity index (χ2n) is 7.60. The molecule has 0 fully saturated rings. The van der Waals surface area contributed by atoms with Crippen LogP contribution in [0, 0.1) is 0 Å². The predicted molar refractivity (Wildman–Crippen MR) is 110 cm³/mol. The molecule has 3 rings (SSSR count). The van der Waals surface area contributed by atoms with Gasteiger partial charge in [-0.2, -0.15) is 0 Å². The standard InChI is InChI=1S/C24H27NO/c1-24(2,3)21-11-9-19(10-12-21)17-25-22-13-15-23(16-14-22)26-18-20-7-5-4-6-8-20/h4-16,25H,17-18H2,1-3H3. The summed E-state index contributed by atoms with van der Waals surface area (Å²) in [5.74, 6) is 0.883. The fourth-order valence-electron chi connectivity index (χ4n) is 2.74. The van der Waals surface area contributed by atoms with E-state index in [1.54, 1.807) is 0 Å². The minimum absolute atomic E-state index is 0.196. The zero-order valence-corrected chi connectivity index (χ0v) is 15.8. The van der Waals surface area contributed by atoms with Crippen LogP contribution in [-0.2, 0) is 18.6 Å². The van der Waals surface area contributed by atoms with Crippen molar-refractivity contribution in [3.8, 4) is 5.75 Å². The Morgan fingerprint density at radius 2 is 1.38 bits per heavy atom. The number of hydrogen-bond donors (Lipinski definition) is 1. The van der Waals surface area contributed by atoms with Crippen molar-refractivity contribution < 1.29 is 4.74 Å². The SMILES string of the molecule is CC(C)(C)c1ccc(CNc2ccc(OCc3ccccc3)cc2)cc1. The van der Waals surface area contributed by atoms with E-state index in [2.05, 4.69) is 74.6 Å². The minimum Gasteiger partial charge on any atom is -0.489 e. The lowest BCUT2D eigenvalue weighted by Gasteiger charge is -2.19. The van der Waals surface area contributed by atoms with E-state index in [1.807, 2.05) is 30.3 Å². The van der Waals surface area contributed by atoms with Gasteiger partial charge in [0.1, 0.15) is 12.4 Å². The molecule has 0 aromatic heterocycles. The van der Waals surface area contributed by atoms with Crippen LogP contribution in [0.1, 0.15) is 37.5 Å². The van der Waals surface area contributed by atoms with Crippen LogP contribution in [0.3, 0.4) is 0 Å². The molecule has 0 saturated carbocycles. The van der Waals surface area contributed by atoms with E-state index in [9.17, 15) is 0 Å². The van der Waals surface area contributed by atoms with Gasteiger partial charge < -0.3 is 10.1 Å². The molecule has 1 N–H and O–H groups in total. The average Bonchev–Trinajstić information content (AvgIpc) is 2.66. The van der Waals surface area contributed by atoms with E-state index in [0.29, 0.717) is 6.61 Å². The molecule has 0 atom stereocenters. The Hall–Kier alpha value is -2.74. The molecule has 0 aliphatic rings. The highest BCUT2D eigenvalue weighted by Crippen LogP contribution is 2.23. The molecule has 0 amide bonds. The van der Waals surface area contributed by atoms with E-state index in [-0.39, 0.29) is 5.41 Å². The number of anilines is 1. The first kappa shape index (κ1) is 18.1. The molecule has 0 aliphatic heterocycles. The molecule has 0 saturated heterocycles. The average molecular weight is 345 g/mol. The van der Waals surface area contributed by atoms with Crippen LogP contribution in [-0.4, -0.2) is 0 Å². The number of benzene rings is 3. The maximum absolute atomic E-state index is 5.83. The summed E-state index contributed by atoms with van der Waals surface area (Å²) < 4.78 is 5.83. The summed E-state index contributed by atoms with van der Waals surface area (Å²) in [6.07, 6.45) is 0. The Kier molecular flexibility index (Phi) is 5.62. The molecule has 0 aliphatic carbocycles. The topological polar surface area (TPSA) is 21.3 Å². The second-order valence-corrected chi connectivity index (χ2v) is 7.60. The van der Waals surface area contributed by atoms with Crippen LogP contribution in [0.2, 0.25) is 0 Å². The molecule has 2 nitrogen and oxygen atoms in total. The number of nitrogens with one attached hydrogen (secondary N) is 1. The Labute approximate surface area is 156 Å². The van der Waals surface area contributed by atoms with Gasteiger partial charge in [-0.05, 0) is 46.4 Å². The van der Waals surface area contributed by atoms with Crippen LogP contribution in [0.4, 0.5) is 5.69 Å². The summed E-state index contributed by atoms with van der Waals surface area (Å²) in [6.45, 7) is 8.12. The first-order valence-corrected chi connectivity index (χ1v) is 9.11. The summed E-state index contributed by atoms with van der Waals surface area (Å²) in [5.41, 5.74) is 5.11. The van der Waals surface area contributed by atoms with Crippen LogP contribution in [0.5, 0.6) is 5.75 Å². The Balaban J connectivity index is 1.51. The molecule has 0 bridgehead atoms. The fourth-order valence-corrected chi connectivity index (χ4v) is 2.74. The number of ether oxygens (including phenoxy) is 1. The summed E-state index contributed by atoms with van der Waals surface area (Å²) in [6, 6.07) is 27.2. The molecular weight excluding hydrogens is 318 g/mol. The molecule has 0 heterocycles. The predicted octanol–water partition coefficient (Wildman–Crippen LogP) is 6.18. The normalized spacial score (nSPS) is 11.2. The Morgan fingerprint density at radius 3 is 2.00 bits per heavy atom. The monoisotopic (exact) mass is 345 g/mol. The van der Waals surface area contributed by atoms with E-state index in [1.165, 1.54) is 16.7 Å². The molecule has 134 valence electrons. The van der Waals surface area contributed by atoms with Crippen molar-refractivity contribution in [1.82, 2.24) is 0 Å². The quantitative estimate of drug-likeness (QED) is 0.576. The van der Waals surface area contributed by atoms with Crippen molar-refractivity contribution in [2.24, 2.45) is 0 Å². The highest BCUT2D eigenvalue weighted by Gasteiger charge is 2.12. The van der Waals surface area contributed by atoms with Crippen molar-refractivity contribution in [3.63, 3.8) is 0 Å². The lowest BCUT2D eigenvalue weighted by Crippen LogP contribution is -2.11. The number of hydrogen-bond acceptors (Lipinski definition) is 2. The highest BCUT2D eigenvalue weighted by molar-refractivity contribution is 5.47. The van der Waals surface area contributed by atoms with Gasteiger partial charge in [0.15, 0.2) is 0 Å². The molecule has 26 heavy (non-hydrogen) atoms. The Morgan fingerprint density at radius 1 is 0.731 bits per heavy atom. The molecule has 0 radical (unpaired) electrons. The summed E-state index contributed by atoms with van der Waals surface area (Å²) in [5, 5.41) is 3.46. The van der Waals surface area contributed by atoms with E-state index in [4.69, 9.17) is 4.74 Å². The van der Waals surface area contributed by atoms with Crippen molar-refractivity contribution >= 4 is 5.69 Å². The zero-order valence-electron chi connectivity index (χ0n) is 15.8. The van der Waals surface area contributed by atoms with Gasteiger partial charge in [0.2, 0.25) is 0 Å². The van der Waals surface area contributed by atoms with E-state index < -0.39 is 0 Å². The lowest BCUT2D eigenvalue weighted by molar-refractivity contribution is 0.306. The highest BCUT2D eigenvalue weighted by atomic mass is 16.5. The van der Waals surface area contributed by atoms with Gasteiger partial charge in [0.05, 0.1) is 0 Å². The fraction of sp³-hybridized carbons (Fsp3) is 0.250. The van der Waals surface area contributed by atoms with E-state index >= 15 is 0 Å². The first-order valence-electron chi connectivity index (χ1n) is 9.11. The van der Waals surface area contributed by atoms with Gasteiger partial charge in [0.25, 0.3) is 0 Å². The minimum atomic E-state index is 0.196. The smallest absolute Gasteiger partial charge is 0.119 e. The van der Waals surface area contributed by atoms with Gasteiger partial charge in [-0.3, -0.25) is 0 Å². The summed E-state index contributed by atoms with van der Waals surface area (Å²) in [4.78, 5) is 0. The molecule has 0 spiro atoms. The summed E-state index contributed by atoms with van der Waals surface area (Å²) >= 11 is 0. The molecule has 3 aromatic carbocycles. The van der Waals surface area contributed by atoms with Crippen LogP contribution < -0.4 is 10.1 Å². The lowest BCUT2D eigenvalue weighted by atomic mass is 9.87. The maximum atomic E-state index is 5.83. The van der Waals surface area contributed by atoms with Crippen LogP contribution in [0.15, 0.2) is 78.9 Å². The second kappa shape index (κ2) is 8.09. The molecule has 0 unspecified atom stereocenters. The molecule has 3 aromatic rings. The first-order chi connectivity index (χ1) is 12.5. The largest absolute Gasteiger partial charge is 0.489 e. The van der Waals surface area contributed by atoms with Crippen LogP contribution in [0.25, 0.3) is 0 Å². The third kappa shape index (κ3) is 5.13. The third-order valence-corrected chi connectivity index (χ3v) is 4.42. The van der Waals surface area contributed by atoms with Crippen molar-refractivity contribution in [1.29, 1.82) is 0 Å². The zero-order chi connectivity index (χ0) is 18.4. The van der Waals surface area contributed by atoms with Gasteiger partial charge in [-0.1, -0.05) is 75.4 Å². The van der Waals surface area contributed by atoms with Crippen molar-refractivity contribution in [2.75, 3.05) is 5.32 Å².